The first-order valence-electron chi connectivity index (χ1n) is 9.83. The van der Waals surface area contributed by atoms with Crippen molar-refractivity contribution in [2.45, 2.75) is 19.3 Å². The fraction of sp³-hybridized carbons (Fsp3) is 0.450. The summed E-state index contributed by atoms with van der Waals surface area (Å²) in [5.41, 5.74) is 0.205. The number of para-hydroxylation sites is 1. The highest BCUT2D eigenvalue weighted by molar-refractivity contribution is 5.89. The molecular weight excluding hydrogens is 359 g/mol. The highest BCUT2D eigenvalue weighted by Crippen LogP contribution is 2.22. The number of rotatable bonds is 3. The van der Waals surface area contributed by atoms with Gasteiger partial charge in [0.2, 0.25) is 0 Å². The van der Waals surface area contributed by atoms with Gasteiger partial charge in [0.1, 0.15) is 23.8 Å². The van der Waals surface area contributed by atoms with Crippen LogP contribution >= 0.6 is 0 Å². The van der Waals surface area contributed by atoms with Gasteiger partial charge < -0.3 is 20.0 Å². The molecule has 8 heteroatoms. The van der Waals surface area contributed by atoms with E-state index in [2.05, 4.69) is 25.1 Å². The molecule has 2 aliphatic heterocycles. The van der Waals surface area contributed by atoms with Crippen LogP contribution in [0.1, 0.15) is 19.3 Å². The molecule has 1 aromatic carbocycles. The second-order valence-corrected chi connectivity index (χ2v) is 7.17. The summed E-state index contributed by atoms with van der Waals surface area (Å²) >= 11 is 0. The van der Waals surface area contributed by atoms with Crippen LogP contribution in [0.25, 0.3) is 0 Å². The Morgan fingerprint density at radius 3 is 2.21 bits per heavy atom. The molecule has 7 nitrogen and oxygen atoms in total. The van der Waals surface area contributed by atoms with E-state index in [1.807, 2.05) is 6.07 Å². The zero-order valence-electron chi connectivity index (χ0n) is 15.9. The van der Waals surface area contributed by atoms with Gasteiger partial charge in [0.25, 0.3) is 0 Å². The Morgan fingerprint density at radius 1 is 0.893 bits per heavy atom. The number of nitrogens with zero attached hydrogens (tertiary/aromatic N) is 5. The van der Waals surface area contributed by atoms with Crippen LogP contribution in [0.5, 0.6) is 0 Å². The molecule has 0 bridgehead atoms. The molecule has 148 valence electrons. The molecule has 0 saturated carbocycles. The third kappa shape index (κ3) is 4.16. The normalized spacial score (nSPS) is 17.5. The number of benzene rings is 1. The molecule has 4 rings (SSSR count). The van der Waals surface area contributed by atoms with Gasteiger partial charge in [0.15, 0.2) is 0 Å². The Labute approximate surface area is 164 Å². The first kappa shape index (κ1) is 18.5. The maximum Gasteiger partial charge on any atom is 0.322 e. The smallest absolute Gasteiger partial charge is 0.322 e. The molecule has 2 aromatic rings. The Kier molecular flexibility index (Phi) is 5.55. The van der Waals surface area contributed by atoms with Gasteiger partial charge in [-0.2, -0.15) is 0 Å². The molecule has 3 heterocycles. The second-order valence-electron chi connectivity index (χ2n) is 7.17. The highest BCUT2D eigenvalue weighted by atomic mass is 19.1. The van der Waals surface area contributed by atoms with E-state index in [-0.39, 0.29) is 11.7 Å². The van der Waals surface area contributed by atoms with Crippen LogP contribution in [0.15, 0.2) is 36.7 Å². The fourth-order valence-corrected chi connectivity index (χ4v) is 3.70. The number of carbonyl (C=O) groups is 1. The lowest BCUT2D eigenvalue weighted by Gasteiger charge is -2.36. The quantitative estimate of drug-likeness (QED) is 0.881. The summed E-state index contributed by atoms with van der Waals surface area (Å²) in [5, 5.41) is 2.65. The number of urea groups is 1. The van der Waals surface area contributed by atoms with E-state index in [0.29, 0.717) is 26.2 Å². The van der Waals surface area contributed by atoms with Crippen LogP contribution < -0.4 is 15.1 Å². The Hall–Kier alpha value is -2.90. The van der Waals surface area contributed by atoms with Crippen molar-refractivity contribution in [2.24, 2.45) is 0 Å². The molecule has 2 aliphatic rings. The summed E-state index contributed by atoms with van der Waals surface area (Å²) in [7, 11) is 0. The van der Waals surface area contributed by atoms with E-state index < -0.39 is 5.82 Å². The Balaban J connectivity index is 1.35. The zero-order chi connectivity index (χ0) is 19.3. The minimum absolute atomic E-state index is 0.205. The van der Waals surface area contributed by atoms with Crippen molar-refractivity contribution in [1.29, 1.82) is 0 Å². The number of amides is 2. The summed E-state index contributed by atoms with van der Waals surface area (Å²) in [6, 6.07) is 7.96. The van der Waals surface area contributed by atoms with Gasteiger partial charge in [-0.05, 0) is 31.4 Å². The number of hydrogen-bond acceptors (Lipinski definition) is 5. The largest absolute Gasteiger partial charge is 0.356 e. The molecule has 1 N–H and O–H groups in total. The topological polar surface area (TPSA) is 64.6 Å². The van der Waals surface area contributed by atoms with Crippen LogP contribution in [0, 0.1) is 5.82 Å². The fourth-order valence-electron chi connectivity index (χ4n) is 3.70. The van der Waals surface area contributed by atoms with Gasteiger partial charge in [-0.15, -0.1) is 0 Å². The van der Waals surface area contributed by atoms with Crippen molar-refractivity contribution in [2.75, 3.05) is 54.4 Å². The van der Waals surface area contributed by atoms with Crippen LogP contribution in [-0.4, -0.2) is 60.2 Å². The summed E-state index contributed by atoms with van der Waals surface area (Å²) in [5.74, 6) is 1.44. The zero-order valence-corrected chi connectivity index (χ0v) is 15.9. The molecule has 0 unspecified atom stereocenters. The molecular formula is C20H25FN6O. The lowest BCUT2D eigenvalue weighted by atomic mass is 10.1. The van der Waals surface area contributed by atoms with Gasteiger partial charge in [-0.25, -0.2) is 19.2 Å². The van der Waals surface area contributed by atoms with Crippen LogP contribution in [0.2, 0.25) is 0 Å². The van der Waals surface area contributed by atoms with Crippen molar-refractivity contribution in [3.8, 4) is 0 Å². The molecule has 1 aromatic heterocycles. The highest BCUT2D eigenvalue weighted by Gasteiger charge is 2.23. The van der Waals surface area contributed by atoms with Gasteiger partial charge >= 0.3 is 6.03 Å². The van der Waals surface area contributed by atoms with Crippen molar-refractivity contribution in [3.05, 3.63) is 42.5 Å². The number of halogens is 1. The summed E-state index contributed by atoms with van der Waals surface area (Å²) < 4.78 is 13.7. The SMILES string of the molecule is O=C(Nc1ccccc1F)N1CCN(c2cc(N3CCCCC3)ncn2)CC1. The average Bonchev–Trinajstić information content (AvgIpc) is 2.76. The predicted octanol–water partition coefficient (Wildman–Crippen LogP) is 2.96. The number of piperazine rings is 1. The van der Waals surface area contributed by atoms with E-state index in [0.717, 1.165) is 24.7 Å². The molecule has 28 heavy (non-hydrogen) atoms. The first-order valence-corrected chi connectivity index (χ1v) is 9.83. The van der Waals surface area contributed by atoms with E-state index in [9.17, 15) is 9.18 Å². The second kappa shape index (κ2) is 8.41. The maximum atomic E-state index is 13.7. The Morgan fingerprint density at radius 2 is 1.54 bits per heavy atom. The average molecular weight is 384 g/mol. The molecule has 0 radical (unpaired) electrons. The molecule has 0 aliphatic carbocycles. The lowest BCUT2D eigenvalue weighted by Crippen LogP contribution is -2.50. The van der Waals surface area contributed by atoms with Crippen molar-refractivity contribution in [3.63, 3.8) is 0 Å². The third-order valence-corrected chi connectivity index (χ3v) is 5.32. The van der Waals surface area contributed by atoms with Crippen LogP contribution in [-0.2, 0) is 0 Å². The van der Waals surface area contributed by atoms with Crippen molar-refractivity contribution < 1.29 is 9.18 Å². The van der Waals surface area contributed by atoms with Gasteiger partial charge in [-0.1, -0.05) is 12.1 Å². The van der Waals surface area contributed by atoms with Gasteiger partial charge in [-0.3, -0.25) is 0 Å². The summed E-state index contributed by atoms with van der Waals surface area (Å²) in [6.45, 7) is 4.57. The van der Waals surface area contributed by atoms with E-state index in [1.54, 1.807) is 29.4 Å². The lowest BCUT2D eigenvalue weighted by molar-refractivity contribution is 0.208. The maximum absolute atomic E-state index is 13.7. The number of piperidine rings is 1. The van der Waals surface area contributed by atoms with Gasteiger partial charge in [0, 0.05) is 45.3 Å². The number of nitrogens with one attached hydrogen (secondary N) is 1. The number of anilines is 3. The number of aromatic nitrogens is 2. The van der Waals surface area contributed by atoms with E-state index >= 15 is 0 Å². The number of carbonyl (C=O) groups excluding carboxylic acids is 1. The monoisotopic (exact) mass is 384 g/mol. The molecule has 2 fully saturated rings. The summed E-state index contributed by atoms with van der Waals surface area (Å²) in [4.78, 5) is 27.5. The minimum Gasteiger partial charge on any atom is -0.356 e. The Bertz CT molecular complexity index is 818. The third-order valence-electron chi connectivity index (χ3n) is 5.32. The number of hydrogen-bond donors (Lipinski definition) is 1. The molecule has 0 spiro atoms. The van der Waals surface area contributed by atoms with Crippen molar-refractivity contribution in [1.82, 2.24) is 14.9 Å². The molecule has 0 atom stereocenters. The van der Waals surface area contributed by atoms with E-state index in [1.165, 1.54) is 25.3 Å². The van der Waals surface area contributed by atoms with E-state index in [4.69, 9.17) is 0 Å². The molecule has 2 amide bonds. The molecule has 2 saturated heterocycles. The predicted molar refractivity (Wildman–Crippen MR) is 107 cm³/mol. The first-order chi connectivity index (χ1) is 13.7. The van der Waals surface area contributed by atoms with Crippen molar-refractivity contribution >= 4 is 23.4 Å². The standard InChI is InChI=1S/C20H25FN6O/c21-16-6-2-3-7-17(16)24-20(28)27-12-10-26(11-13-27)19-14-18(22-15-23-19)25-8-4-1-5-9-25/h2-3,6-7,14-15H,1,4-5,8-13H2,(H,24,28). The van der Waals surface area contributed by atoms with Crippen LogP contribution in [0.4, 0.5) is 26.5 Å². The summed E-state index contributed by atoms with van der Waals surface area (Å²) in [6.07, 6.45) is 5.31. The van der Waals surface area contributed by atoms with Gasteiger partial charge in [0.05, 0.1) is 5.69 Å². The minimum atomic E-state index is -0.430. The van der Waals surface area contributed by atoms with Crippen LogP contribution in [0.3, 0.4) is 0 Å².